The van der Waals surface area contributed by atoms with Crippen molar-refractivity contribution in [3.8, 4) is 0 Å². The summed E-state index contributed by atoms with van der Waals surface area (Å²) < 4.78 is 4.90. The molecular weight excluding hydrogens is 338 g/mol. The number of rotatable bonds is 4. The van der Waals surface area contributed by atoms with Crippen LogP contribution in [-0.4, -0.2) is 40.2 Å². The highest BCUT2D eigenvalue weighted by molar-refractivity contribution is 8.26. The monoisotopic (exact) mass is 350 g/mol. The van der Waals surface area contributed by atoms with Crippen LogP contribution in [0.25, 0.3) is 6.08 Å². The number of carbonyl (C=O) groups is 3. The minimum absolute atomic E-state index is 0.0500. The third-order valence-electron chi connectivity index (χ3n) is 3.20. The maximum atomic E-state index is 12.4. The summed E-state index contributed by atoms with van der Waals surface area (Å²) >= 11 is 6.22. The molecule has 6 nitrogen and oxygen atoms in total. The van der Waals surface area contributed by atoms with Crippen LogP contribution < -0.4 is 5.11 Å². The van der Waals surface area contributed by atoms with Crippen molar-refractivity contribution in [2.45, 2.75) is 13.0 Å². The highest BCUT2D eigenvalue weighted by Gasteiger charge is 2.38. The molecule has 1 aromatic rings. The molecule has 1 amide bonds. The zero-order valence-corrected chi connectivity index (χ0v) is 13.9. The molecule has 2 rings (SSSR count). The van der Waals surface area contributed by atoms with Gasteiger partial charge >= 0.3 is 5.97 Å². The first-order chi connectivity index (χ1) is 10.8. The van der Waals surface area contributed by atoms with Crippen molar-refractivity contribution in [2.24, 2.45) is 0 Å². The Hall–Kier alpha value is -2.19. The quantitative estimate of drug-likeness (QED) is 0.451. The number of esters is 1. The van der Waals surface area contributed by atoms with Gasteiger partial charge in [-0.15, -0.1) is 0 Å². The SMILES string of the molecule is COC(=O)[C@H](C)N1C(=O)/C(=C/c2ccc(C(=O)[O-])cc2)SC1=S. The molecule has 0 aromatic heterocycles. The molecule has 0 bridgehead atoms. The summed E-state index contributed by atoms with van der Waals surface area (Å²) in [5.41, 5.74) is 0.690. The molecule has 8 heteroatoms. The van der Waals surface area contributed by atoms with E-state index in [-0.39, 0.29) is 15.8 Å². The van der Waals surface area contributed by atoms with Gasteiger partial charge in [-0.2, -0.15) is 0 Å². The second kappa shape index (κ2) is 6.93. The van der Waals surface area contributed by atoms with Crippen molar-refractivity contribution in [3.63, 3.8) is 0 Å². The number of benzene rings is 1. The van der Waals surface area contributed by atoms with E-state index >= 15 is 0 Å². The lowest BCUT2D eigenvalue weighted by atomic mass is 10.1. The number of thiocarbonyl (C=S) groups is 1. The standard InChI is InChI=1S/C15H13NO5S2/c1-8(14(20)21-2)16-12(17)11(23-15(16)22)7-9-3-5-10(6-4-9)13(18)19/h3-8H,1-2H3,(H,18,19)/p-1/b11-7-/t8-/m0/s1. The van der Waals surface area contributed by atoms with Gasteiger partial charge in [0.25, 0.3) is 5.91 Å². The van der Waals surface area contributed by atoms with Gasteiger partial charge in [0.2, 0.25) is 0 Å². The fraction of sp³-hybridized carbons (Fsp3) is 0.200. The van der Waals surface area contributed by atoms with Gasteiger partial charge in [-0.05, 0) is 24.1 Å². The topological polar surface area (TPSA) is 86.7 Å². The van der Waals surface area contributed by atoms with E-state index in [1.54, 1.807) is 18.2 Å². The van der Waals surface area contributed by atoms with Crippen molar-refractivity contribution in [1.29, 1.82) is 0 Å². The molecule has 1 aromatic carbocycles. The Labute approximate surface area is 142 Å². The lowest BCUT2D eigenvalue weighted by Gasteiger charge is -2.20. The molecule has 1 fully saturated rings. The van der Waals surface area contributed by atoms with Crippen molar-refractivity contribution >= 4 is 52.2 Å². The van der Waals surface area contributed by atoms with Crippen LogP contribution in [0.2, 0.25) is 0 Å². The number of carboxylic acids is 1. The molecule has 0 radical (unpaired) electrons. The summed E-state index contributed by atoms with van der Waals surface area (Å²) in [6.07, 6.45) is 1.59. The molecule has 120 valence electrons. The van der Waals surface area contributed by atoms with Gasteiger partial charge in [-0.25, -0.2) is 4.79 Å². The summed E-state index contributed by atoms with van der Waals surface area (Å²) in [6.45, 7) is 1.54. The van der Waals surface area contributed by atoms with Crippen LogP contribution in [0.1, 0.15) is 22.8 Å². The van der Waals surface area contributed by atoms with E-state index in [4.69, 9.17) is 12.2 Å². The zero-order chi connectivity index (χ0) is 17.1. The summed E-state index contributed by atoms with van der Waals surface area (Å²) in [6, 6.07) is 5.08. The highest BCUT2D eigenvalue weighted by Crippen LogP contribution is 2.34. The Balaban J connectivity index is 2.24. The Kier molecular flexibility index (Phi) is 5.17. The summed E-state index contributed by atoms with van der Waals surface area (Å²) in [5.74, 6) is -2.21. The number of carbonyl (C=O) groups excluding carboxylic acids is 3. The number of methoxy groups -OCH3 is 1. The molecule has 0 unspecified atom stereocenters. The Morgan fingerprint density at radius 1 is 1.35 bits per heavy atom. The maximum absolute atomic E-state index is 12.4. The zero-order valence-electron chi connectivity index (χ0n) is 12.3. The molecule has 0 saturated carbocycles. The Bertz CT molecular complexity index is 711. The molecule has 1 aliphatic heterocycles. The van der Waals surface area contributed by atoms with Gasteiger partial charge in [0.15, 0.2) is 0 Å². The van der Waals surface area contributed by atoms with Gasteiger partial charge in [0.1, 0.15) is 10.4 Å². The van der Waals surface area contributed by atoms with Crippen LogP contribution >= 0.6 is 24.0 Å². The predicted octanol–water partition coefficient (Wildman–Crippen LogP) is 0.813. The van der Waals surface area contributed by atoms with Gasteiger partial charge in [0.05, 0.1) is 18.0 Å². The largest absolute Gasteiger partial charge is 0.545 e. The number of carboxylic acid groups (broad SMARTS) is 1. The van der Waals surface area contributed by atoms with E-state index in [0.717, 1.165) is 11.8 Å². The van der Waals surface area contributed by atoms with E-state index < -0.39 is 18.0 Å². The molecular formula is C15H12NO5S2-. The number of hydrogen-bond acceptors (Lipinski definition) is 7. The van der Waals surface area contributed by atoms with Crippen molar-refractivity contribution in [1.82, 2.24) is 4.90 Å². The fourth-order valence-corrected chi connectivity index (χ4v) is 3.38. The van der Waals surface area contributed by atoms with Gasteiger partial charge in [-0.3, -0.25) is 9.69 Å². The lowest BCUT2D eigenvalue weighted by molar-refractivity contribution is -0.255. The lowest BCUT2D eigenvalue weighted by Crippen LogP contribution is -2.42. The van der Waals surface area contributed by atoms with Crippen LogP contribution in [0.15, 0.2) is 29.2 Å². The third-order valence-corrected chi connectivity index (χ3v) is 4.53. The molecule has 1 heterocycles. The van der Waals surface area contributed by atoms with Crippen molar-refractivity contribution in [3.05, 3.63) is 40.3 Å². The smallest absolute Gasteiger partial charge is 0.328 e. The fourth-order valence-electron chi connectivity index (χ4n) is 1.96. The van der Waals surface area contributed by atoms with Crippen LogP contribution in [0, 0.1) is 0 Å². The first-order valence-corrected chi connectivity index (χ1v) is 7.74. The number of amides is 1. The van der Waals surface area contributed by atoms with E-state index in [1.807, 2.05) is 0 Å². The second-order valence-electron chi connectivity index (χ2n) is 4.66. The average Bonchev–Trinajstić information content (AvgIpc) is 2.80. The number of nitrogens with zero attached hydrogens (tertiary/aromatic N) is 1. The second-order valence-corrected chi connectivity index (χ2v) is 6.34. The normalized spacial score (nSPS) is 17.5. The number of ether oxygens (including phenoxy) is 1. The molecule has 1 aliphatic rings. The van der Waals surface area contributed by atoms with Gasteiger partial charge in [0, 0.05) is 0 Å². The first-order valence-electron chi connectivity index (χ1n) is 6.51. The molecule has 1 atom stereocenters. The number of aromatic carboxylic acids is 1. The highest BCUT2D eigenvalue weighted by atomic mass is 32.2. The van der Waals surface area contributed by atoms with E-state index in [0.29, 0.717) is 10.5 Å². The molecule has 0 spiro atoms. The summed E-state index contributed by atoms with van der Waals surface area (Å²) in [5, 5.41) is 10.7. The van der Waals surface area contributed by atoms with Crippen LogP contribution in [0.4, 0.5) is 0 Å². The Morgan fingerprint density at radius 3 is 2.48 bits per heavy atom. The van der Waals surface area contributed by atoms with Crippen LogP contribution in [-0.2, 0) is 14.3 Å². The summed E-state index contributed by atoms with van der Waals surface area (Å²) in [7, 11) is 1.24. The predicted molar refractivity (Wildman–Crippen MR) is 87.3 cm³/mol. The summed E-state index contributed by atoms with van der Waals surface area (Å²) in [4.78, 5) is 36.2. The van der Waals surface area contributed by atoms with E-state index in [1.165, 1.54) is 31.1 Å². The molecule has 1 saturated heterocycles. The van der Waals surface area contributed by atoms with E-state index in [2.05, 4.69) is 4.74 Å². The average molecular weight is 350 g/mol. The molecule has 0 aliphatic carbocycles. The van der Waals surface area contributed by atoms with Gasteiger partial charge in [-0.1, -0.05) is 48.2 Å². The van der Waals surface area contributed by atoms with Crippen molar-refractivity contribution < 1.29 is 24.2 Å². The minimum Gasteiger partial charge on any atom is -0.545 e. The molecule has 23 heavy (non-hydrogen) atoms. The van der Waals surface area contributed by atoms with Crippen molar-refractivity contribution in [2.75, 3.05) is 7.11 Å². The molecule has 0 N–H and O–H groups in total. The van der Waals surface area contributed by atoms with Crippen LogP contribution in [0.5, 0.6) is 0 Å². The third kappa shape index (κ3) is 3.59. The number of thioether (sulfide) groups is 1. The van der Waals surface area contributed by atoms with E-state index in [9.17, 15) is 19.5 Å². The van der Waals surface area contributed by atoms with Gasteiger partial charge < -0.3 is 14.6 Å². The Morgan fingerprint density at radius 2 is 1.96 bits per heavy atom. The first kappa shape index (κ1) is 17.2. The number of hydrogen-bond donors (Lipinski definition) is 0. The maximum Gasteiger partial charge on any atom is 0.328 e. The van der Waals surface area contributed by atoms with Crippen LogP contribution in [0.3, 0.4) is 0 Å². The minimum atomic E-state index is -1.27.